The highest BCUT2D eigenvalue weighted by molar-refractivity contribution is 4.82. The summed E-state index contributed by atoms with van der Waals surface area (Å²) in [6.45, 7) is 6.78. The second-order valence-corrected chi connectivity index (χ2v) is 3.95. The van der Waals surface area contributed by atoms with Crippen LogP contribution in [0.2, 0.25) is 0 Å². The molecule has 0 aliphatic rings. The van der Waals surface area contributed by atoms with Crippen molar-refractivity contribution in [2.75, 3.05) is 20.3 Å². The van der Waals surface area contributed by atoms with Crippen molar-refractivity contribution in [1.29, 1.82) is 0 Å². The van der Waals surface area contributed by atoms with Crippen LogP contribution in [0.4, 0.5) is 0 Å². The lowest BCUT2D eigenvalue weighted by Crippen LogP contribution is -2.15. The Kier molecular flexibility index (Phi) is 6.03. The normalized spacial score (nSPS) is 12.9. The Labute approximate surface area is 97.2 Å². The SMILES string of the molecule is CCCNCc1ncn(C(C)CCOC)n1. The minimum Gasteiger partial charge on any atom is -0.385 e. The second kappa shape index (κ2) is 7.35. The molecule has 0 fully saturated rings. The number of hydrogen-bond donors (Lipinski definition) is 1. The molecule has 0 aromatic carbocycles. The zero-order chi connectivity index (χ0) is 11.8. The highest BCUT2D eigenvalue weighted by Crippen LogP contribution is 2.08. The Hall–Kier alpha value is -0.940. The third-order valence-electron chi connectivity index (χ3n) is 2.46. The predicted molar refractivity (Wildman–Crippen MR) is 63.2 cm³/mol. The number of aromatic nitrogens is 3. The van der Waals surface area contributed by atoms with E-state index in [9.17, 15) is 0 Å². The molecule has 0 saturated carbocycles. The van der Waals surface area contributed by atoms with Crippen LogP contribution in [0.5, 0.6) is 0 Å². The maximum absolute atomic E-state index is 5.05. The van der Waals surface area contributed by atoms with Crippen molar-refractivity contribution in [3.63, 3.8) is 0 Å². The minimum atomic E-state index is 0.340. The van der Waals surface area contributed by atoms with Crippen molar-refractivity contribution in [1.82, 2.24) is 20.1 Å². The zero-order valence-electron chi connectivity index (χ0n) is 10.4. The molecule has 0 aliphatic heterocycles. The second-order valence-electron chi connectivity index (χ2n) is 3.95. The van der Waals surface area contributed by atoms with Crippen molar-refractivity contribution in [3.05, 3.63) is 12.2 Å². The van der Waals surface area contributed by atoms with E-state index in [4.69, 9.17) is 4.74 Å². The molecular formula is C11H22N4O. The van der Waals surface area contributed by atoms with Gasteiger partial charge in [0.05, 0.1) is 12.6 Å². The molecule has 5 heteroatoms. The fourth-order valence-corrected chi connectivity index (χ4v) is 1.40. The van der Waals surface area contributed by atoms with Gasteiger partial charge in [0.2, 0.25) is 0 Å². The molecule has 0 aliphatic carbocycles. The number of rotatable bonds is 8. The molecule has 1 atom stereocenters. The van der Waals surface area contributed by atoms with E-state index in [-0.39, 0.29) is 0 Å². The van der Waals surface area contributed by atoms with Gasteiger partial charge in [-0.1, -0.05) is 6.92 Å². The van der Waals surface area contributed by atoms with Crippen LogP contribution < -0.4 is 5.32 Å². The Bertz CT molecular complexity index is 287. The van der Waals surface area contributed by atoms with Gasteiger partial charge in [0.15, 0.2) is 5.82 Å². The summed E-state index contributed by atoms with van der Waals surface area (Å²) < 4.78 is 6.95. The Balaban J connectivity index is 2.37. The van der Waals surface area contributed by atoms with Crippen molar-refractivity contribution in [2.45, 2.75) is 39.3 Å². The molecule has 16 heavy (non-hydrogen) atoms. The summed E-state index contributed by atoms with van der Waals surface area (Å²) in [4.78, 5) is 4.27. The smallest absolute Gasteiger partial charge is 0.164 e. The highest BCUT2D eigenvalue weighted by atomic mass is 16.5. The summed E-state index contributed by atoms with van der Waals surface area (Å²) in [6.07, 6.45) is 3.88. The van der Waals surface area contributed by atoms with E-state index in [0.29, 0.717) is 6.04 Å². The van der Waals surface area contributed by atoms with Crippen LogP contribution in [-0.2, 0) is 11.3 Å². The van der Waals surface area contributed by atoms with Crippen LogP contribution in [-0.4, -0.2) is 35.0 Å². The average Bonchev–Trinajstić information content (AvgIpc) is 2.75. The van der Waals surface area contributed by atoms with Crippen LogP contribution in [0.1, 0.15) is 38.6 Å². The summed E-state index contributed by atoms with van der Waals surface area (Å²) in [7, 11) is 1.72. The van der Waals surface area contributed by atoms with Crippen molar-refractivity contribution in [2.24, 2.45) is 0 Å². The third kappa shape index (κ3) is 4.28. The minimum absolute atomic E-state index is 0.340. The van der Waals surface area contributed by atoms with Crippen LogP contribution in [0, 0.1) is 0 Å². The summed E-state index contributed by atoms with van der Waals surface area (Å²) in [5.41, 5.74) is 0. The summed E-state index contributed by atoms with van der Waals surface area (Å²) in [5.74, 6) is 0.859. The summed E-state index contributed by atoms with van der Waals surface area (Å²) in [6, 6.07) is 0.340. The number of hydrogen-bond acceptors (Lipinski definition) is 4. The number of nitrogens with one attached hydrogen (secondary N) is 1. The molecule has 1 aromatic heterocycles. The van der Waals surface area contributed by atoms with Crippen molar-refractivity contribution in [3.8, 4) is 0 Å². The van der Waals surface area contributed by atoms with Gasteiger partial charge in [-0.25, -0.2) is 9.67 Å². The first-order valence-corrected chi connectivity index (χ1v) is 5.87. The van der Waals surface area contributed by atoms with Gasteiger partial charge in [-0.2, -0.15) is 5.10 Å². The molecule has 1 rings (SSSR count). The van der Waals surface area contributed by atoms with E-state index in [2.05, 4.69) is 29.2 Å². The van der Waals surface area contributed by atoms with E-state index in [1.165, 1.54) is 0 Å². The fraction of sp³-hybridized carbons (Fsp3) is 0.818. The molecule has 0 saturated heterocycles. The van der Waals surface area contributed by atoms with Gasteiger partial charge in [0, 0.05) is 13.7 Å². The molecule has 5 nitrogen and oxygen atoms in total. The molecule has 0 bridgehead atoms. The van der Waals surface area contributed by atoms with Crippen LogP contribution in [0.15, 0.2) is 6.33 Å². The Morgan fingerprint density at radius 3 is 3.06 bits per heavy atom. The number of nitrogens with zero attached hydrogens (tertiary/aromatic N) is 3. The summed E-state index contributed by atoms with van der Waals surface area (Å²) >= 11 is 0. The van der Waals surface area contributed by atoms with Gasteiger partial charge in [-0.05, 0) is 26.3 Å². The lowest BCUT2D eigenvalue weighted by Gasteiger charge is -2.09. The van der Waals surface area contributed by atoms with Gasteiger partial charge in [-0.3, -0.25) is 0 Å². The quantitative estimate of drug-likeness (QED) is 0.680. The maximum atomic E-state index is 5.05. The molecule has 92 valence electrons. The zero-order valence-corrected chi connectivity index (χ0v) is 10.4. The molecule has 1 heterocycles. The molecule has 0 radical (unpaired) electrons. The molecule has 1 N–H and O–H groups in total. The Morgan fingerprint density at radius 2 is 2.38 bits per heavy atom. The first kappa shape index (κ1) is 13.1. The lowest BCUT2D eigenvalue weighted by atomic mass is 10.2. The average molecular weight is 226 g/mol. The third-order valence-corrected chi connectivity index (χ3v) is 2.46. The van der Waals surface area contributed by atoms with Gasteiger partial charge in [0.25, 0.3) is 0 Å². The maximum Gasteiger partial charge on any atom is 0.164 e. The van der Waals surface area contributed by atoms with E-state index in [0.717, 1.165) is 38.4 Å². The first-order chi connectivity index (χ1) is 7.77. The van der Waals surface area contributed by atoms with E-state index < -0.39 is 0 Å². The van der Waals surface area contributed by atoms with Gasteiger partial charge < -0.3 is 10.1 Å². The number of ether oxygens (including phenoxy) is 1. The van der Waals surface area contributed by atoms with E-state index >= 15 is 0 Å². The largest absolute Gasteiger partial charge is 0.385 e. The molecule has 1 unspecified atom stereocenters. The molecule has 0 spiro atoms. The topological polar surface area (TPSA) is 52.0 Å². The van der Waals surface area contributed by atoms with Crippen LogP contribution in [0.3, 0.4) is 0 Å². The van der Waals surface area contributed by atoms with Crippen molar-refractivity contribution < 1.29 is 4.74 Å². The number of methoxy groups -OCH3 is 1. The van der Waals surface area contributed by atoms with Crippen molar-refractivity contribution >= 4 is 0 Å². The summed E-state index contributed by atoms with van der Waals surface area (Å²) in [5, 5.41) is 7.71. The lowest BCUT2D eigenvalue weighted by molar-refractivity contribution is 0.178. The fourth-order valence-electron chi connectivity index (χ4n) is 1.40. The molecule has 0 amide bonds. The van der Waals surface area contributed by atoms with E-state index in [1.807, 2.05) is 4.68 Å². The van der Waals surface area contributed by atoms with Gasteiger partial charge in [0.1, 0.15) is 6.33 Å². The van der Waals surface area contributed by atoms with Gasteiger partial charge in [-0.15, -0.1) is 0 Å². The van der Waals surface area contributed by atoms with Gasteiger partial charge >= 0.3 is 0 Å². The Morgan fingerprint density at radius 1 is 1.56 bits per heavy atom. The standard InChI is InChI=1S/C11H22N4O/c1-4-6-12-8-11-13-9-15(14-11)10(2)5-7-16-3/h9-10,12H,4-8H2,1-3H3. The van der Waals surface area contributed by atoms with Crippen LogP contribution >= 0.6 is 0 Å². The first-order valence-electron chi connectivity index (χ1n) is 5.87. The molecule has 1 aromatic rings. The van der Waals surface area contributed by atoms with Crippen LogP contribution in [0.25, 0.3) is 0 Å². The molecular weight excluding hydrogens is 204 g/mol. The van der Waals surface area contributed by atoms with E-state index in [1.54, 1.807) is 13.4 Å². The highest BCUT2D eigenvalue weighted by Gasteiger charge is 2.07. The monoisotopic (exact) mass is 226 g/mol. The predicted octanol–water partition coefficient (Wildman–Crippen LogP) is 1.38.